The number of benzene rings is 2. The molecule has 0 fully saturated rings. The van der Waals surface area contributed by atoms with Crippen LogP contribution < -0.4 is 10.6 Å². The van der Waals surface area contributed by atoms with E-state index in [4.69, 9.17) is 0 Å². The normalized spacial score (nSPS) is 10.2. The second-order valence-corrected chi connectivity index (χ2v) is 4.68. The molecule has 0 radical (unpaired) electrons. The highest BCUT2D eigenvalue weighted by molar-refractivity contribution is 5.94. The van der Waals surface area contributed by atoms with E-state index in [1.54, 1.807) is 13.0 Å². The van der Waals surface area contributed by atoms with Gasteiger partial charge in [0.05, 0.1) is 6.54 Å². The van der Waals surface area contributed by atoms with Crippen LogP contribution in [0.15, 0.2) is 42.5 Å². The van der Waals surface area contributed by atoms with Gasteiger partial charge in [-0.15, -0.1) is 0 Å². The number of aryl methyl sites for hydroxylation is 2. The van der Waals surface area contributed by atoms with Gasteiger partial charge in [0.15, 0.2) is 0 Å². The summed E-state index contributed by atoms with van der Waals surface area (Å²) >= 11 is 0. The summed E-state index contributed by atoms with van der Waals surface area (Å²) < 4.78 is 13.0. The lowest BCUT2D eigenvalue weighted by Gasteiger charge is -2.11. The standard InChI is InChI=1S/C16H17FN2O/c1-11-5-3-4-6-15(11)19-16(20)10-18-14-8-7-13(17)9-12(14)2/h3-9,18H,10H2,1-2H3,(H,19,20). The van der Waals surface area contributed by atoms with E-state index < -0.39 is 0 Å². The van der Waals surface area contributed by atoms with Crippen LogP contribution in [-0.2, 0) is 4.79 Å². The predicted octanol–water partition coefficient (Wildman–Crippen LogP) is 3.49. The Kier molecular flexibility index (Phi) is 4.35. The number of para-hydroxylation sites is 1. The molecule has 4 heteroatoms. The first-order valence-corrected chi connectivity index (χ1v) is 6.42. The molecule has 0 saturated carbocycles. The molecule has 0 bridgehead atoms. The fourth-order valence-corrected chi connectivity index (χ4v) is 1.91. The topological polar surface area (TPSA) is 41.1 Å². The molecule has 0 atom stereocenters. The molecule has 0 aliphatic heterocycles. The number of rotatable bonds is 4. The molecule has 1 amide bonds. The van der Waals surface area contributed by atoms with Gasteiger partial charge in [0, 0.05) is 11.4 Å². The Balaban J connectivity index is 1.94. The summed E-state index contributed by atoms with van der Waals surface area (Å²) in [6, 6.07) is 12.0. The summed E-state index contributed by atoms with van der Waals surface area (Å²) in [6.45, 7) is 3.87. The van der Waals surface area contributed by atoms with Crippen LogP contribution >= 0.6 is 0 Å². The van der Waals surface area contributed by atoms with Crippen molar-refractivity contribution in [1.82, 2.24) is 0 Å². The van der Waals surface area contributed by atoms with Crippen LogP contribution in [0.25, 0.3) is 0 Å². The third-order valence-corrected chi connectivity index (χ3v) is 3.05. The minimum atomic E-state index is -0.280. The Labute approximate surface area is 117 Å². The molecule has 0 heterocycles. The third-order valence-electron chi connectivity index (χ3n) is 3.05. The molecule has 104 valence electrons. The van der Waals surface area contributed by atoms with Crippen LogP contribution in [-0.4, -0.2) is 12.5 Å². The number of hydrogen-bond acceptors (Lipinski definition) is 2. The van der Waals surface area contributed by atoms with Crippen molar-refractivity contribution >= 4 is 17.3 Å². The van der Waals surface area contributed by atoms with Crippen molar-refractivity contribution in [2.75, 3.05) is 17.2 Å². The van der Waals surface area contributed by atoms with Crippen molar-refractivity contribution in [2.24, 2.45) is 0 Å². The van der Waals surface area contributed by atoms with E-state index in [2.05, 4.69) is 10.6 Å². The van der Waals surface area contributed by atoms with E-state index >= 15 is 0 Å². The first-order valence-electron chi connectivity index (χ1n) is 6.42. The summed E-state index contributed by atoms with van der Waals surface area (Å²) in [5, 5.41) is 5.84. The van der Waals surface area contributed by atoms with Crippen LogP contribution in [0.5, 0.6) is 0 Å². The van der Waals surface area contributed by atoms with Crippen LogP contribution in [0.4, 0.5) is 15.8 Å². The molecule has 0 spiro atoms. The number of halogens is 1. The van der Waals surface area contributed by atoms with Gasteiger partial charge in [0.2, 0.25) is 5.91 Å². The molecular weight excluding hydrogens is 255 g/mol. The molecule has 2 N–H and O–H groups in total. The predicted molar refractivity (Wildman–Crippen MR) is 79.4 cm³/mol. The number of hydrogen-bond donors (Lipinski definition) is 2. The van der Waals surface area contributed by atoms with Gasteiger partial charge >= 0.3 is 0 Å². The molecule has 20 heavy (non-hydrogen) atoms. The van der Waals surface area contributed by atoms with E-state index in [0.29, 0.717) is 0 Å². The van der Waals surface area contributed by atoms with Crippen LogP contribution in [0.2, 0.25) is 0 Å². The van der Waals surface area contributed by atoms with Gasteiger partial charge in [-0.25, -0.2) is 4.39 Å². The van der Waals surface area contributed by atoms with Crippen LogP contribution in [0.1, 0.15) is 11.1 Å². The lowest BCUT2D eigenvalue weighted by molar-refractivity contribution is -0.114. The Morgan fingerprint density at radius 2 is 1.80 bits per heavy atom. The van der Waals surface area contributed by atoms with Gasteiger partial charge in [0.25, 0.3) is 0 Å². The van der Waals surface area contributed by atoms with Gasteiger partial charge in [-0.2, -0.15) is 0 Å². The molecule has 2 aromatic rings. The molecule has 0 aromatic heterocycles. The Morgan fingerprint density at radius 3 is 2.50 bits per heavy atom. The van der Waals surface area contributed by atoms with E-state index in [1.165, 1.54) is 12.1 Å². The van der Waals surface area contributed by atoms with E-state index in [1.807, 2.05) is 31.2 Å². The molecule has 0 aliphatic rings. The largest absolute Gasteiger partial charge is 0.376 e. The average Bonchev–Trinajstić information content (AvgIpc) is 2.40. The second kappa shape index (κ2) is 6.19. The average molecular weight is 272 g/mol. The first-order chi connectivity index (χ1) is 9.56. The number of carbonyl (C=O) groups is 1. The molecule has 0 unspecified atom stereocenters. The van der Waals surface area contributed by atoms with Crippen molar-refractivity contribution in [2.45, 2.75) is 13.8 Å². The second-order valence-electron chi connectivity index (χ2n) is 4.68. The van der Waals surface area contributed by atoms with Gasteiger partial charge < -0.3 is 10.6 Å². The Morgan fingerprint density at radius 1 is 1.05 bits per heavy atom. The highest BCUT2D eigenvalue weighted by atomic mass is 19.1. The SMILES string of the molecule is Cc1cc(F)ccc1NCC(=O)Nc1ccccc1C. The lowest BCUT2D eigenvalue weighted by atomic mass is 10.2. The highest BCUT2D eigenvalue weighted by Gasteiger charge is 2.05. The smallest absolute Gasteiger partial charge is 0.243 e. The maximum Gasteiger partial charge on any atom is 0.243 e. The Bertz CT molecular complexity index is 626. The van der Waals surface area contributed by atoms with Crippen molar-refractivity contribution < 1.29 is 9.18 Å². The molecule has 2 aromatic carbocycles. The zero-order valence-electron chi connectivity index (χ0n) is 11.5. The van der Waals surface area contributed by atoms with E-state index in [9.17, 15) is 9.18 Å². The number of carbonyl (C=O) groups excluding carboxylic acids is 1. The summed E-state index contributed by atoms with van der Waals surface area (Å²) in [7, 11) is 0. The molecule has 0 aliphatic carbocycles. The molecule has 2 rings (SSSR count). The monoisotopic (exact) mass is 272 g/mol. The molecule has 3 nitrogen and oxygen atoms in total. The maximum atomic E-state index is 13.0. The number of anilines is 2. The summed E-state index contributed by atoms with van der Waals surface area (Å²) in [4.78, 5) is 11.9. The van der Waals surface area contributed by atoms with Crippen molar-refractivity contribution in [3.63, 3.8) is 0 Å². The minimum absolute atomic E-state index is 0.136. The van der Waals surface area contributed by atoms with Crippen LogP contribution in [0, 0.1) is 19.7 Å². The van der Waals surface area contributed by atoms with E-state index in [0.717, 1.165) is 22.5 Å². The fourth-order valence-electron chi connectivity index (χ4n) is 1.91. The van der Waals surface area contributed by atoms with Gasteiger partial charge in [-0.3, -0.25) is 4.79 Å². The highest BCUT2D eigenvalue weighted by Crippen LogP contribution is 2.16. The maximum absolute atomic E-state index is 13.0. The number of amides is 1. The van der Waals surface area contributed by atoms with Crippen molar-refractivity contribution in [1.29, 1.82) is 0 Å². The fraction of sp³-hybridized carbons (Fsp3) is 0.188. The van der Waals surface area contributed by atoms with Crippen molar-refractivity contribution in [3.8, 4) is 0 Å². The zero-order chi connectivity index (χ0) is 14.5. The lowest BCUT2D eigenvalue weighted by Crippen LogP contribution is -2.22. The minimum Gasteiger partial charge on any atom is -0.376 e. The number of nitrogens with one attached hydrogen (secondary N) is 2. The summed E-state index contributed by atoms with van der Waals surface area (Å²) in [5.41, 5.74) is 3.34. The van der Waals surface area contributed by atoms with Crippen molar-refractivity contribution in [3.05, 3.63) is 59.4 Å². The third kappa shape index (κ3) is 3.57. The van der Waals surface area contributed by atoms with Gasteiger partial charge in [-0.05, 0) is 49.2 Å². The van der Waals surface area contributed by atoms with Gasteiger partial charge in [-0.1, -0.05) is 18.2 Å². The first kappa shape index (κ1) is 14.1. The zero-order valence-corrected chi connectivity index (χ0v) is 11.5. The van der Waals surface area contributed by atoms with Crippen LogP contribution in [0.3, 0.4) is 0 Å². The Hall–Kier alpha value is -2.36. The molecular formula is C16H17FN2O. The van der Waals surface area contributed by atoms with E-state index in [-0.39, 0.29) is 18.3 Å². The summed E-state index contributed by atoms with van der Waals surface area (Å²) in [5.74, 6) is -0.416. The summed E-state index contributed by atoms with van der Waals surface area (Å²) in [6.07, 6.45) is 0. The molecule has 0 saturated heterocycles. The quantitative estimate of drug-likeness (QED) is 0.894. The van der Waals surface area contributed by atoms with Gasteiger partial charge in [0.1, 0.15) is 5.82 Å².